The molecule has 2 spiro atoms. The average Bonchev–Trinajstić information content (AvgIpc) is 3.49. The molecule has 4 N–H and O–H groups in total. The first-order valence-corrected chi connectivity index (χ1v) is 21.5. The van der Waals surface area contributed by atoms with Crippen molar-refractivity contribution >= 4 is 46.8 Å². The first kappa shape index (κ1) is 44.1. The minimum Gasteiger partial charge on any atom is -0.443 e. The largest absolute Gasteiger partial charge is 0.443 e. The number of hydrogen-bond acceptors (Lipinski definition) is 10. The number of amides is 2. The number of imide groups is 1. The number of rotatable bonds is 9. The Morgan fingerprint density at radius 2 is 1.73 bits per heavy atom. The lowest BCUT2D eigenvalue weighted by molar-refractivity contribution is -0.254. The summed E-state index contributed by atoms with van der Waals surface area (Å²) < 4.78 is 22.3. The van der Waals surface area contributed by atoms with E-state index in [-0.39, 0.29) is 65.2 Å². The van der Waals surface area contributed by atoms with Crippen LogP contribution >= 0.6 is 34.8 Å². The van der Waals surface area contributed by atoms with Crippen LogP contribution in [0.4, 0.5) is 4.79 Å². The minimum atomic E-state index is -2.35. The van der Waals surface area contributed by atoms with Gasteiger partial charge in [-0.1, -0.05) is 76.8 Å². The van der Waals surface area contributed by atoms with E-state index in [2.05, 4.69) is 44.8 Å². The van der Waals surface area contributed by atoms with Crippen LogP contribution in [-0.4, -0.2) is 111 Å². The van der Waals surface area contributed by atoms with Crippen LogP contribution in [0.1, 0.15) is 107 Å². The summed E-state index contributed by atoms with van der Waals surface area (Å²) in [6.45, 7) is 18.6. The molecule has 7 aliphatic rings. The van der Waals surface area contributed by atoms with Crippen LogP contribution in [0.5, 0.6) is 0 Å². The first-order chi connectivity index (χ1) is 25.1. The normalized spacial score (nSPS) is 43.6. The number of alkyl halides is 3. The Bertz CT molecular complexity index is 1440. The summed E-state index contributed by atoms with van der Waals surface area (Å²) in [7, 11) is 0. The Morgan fingerprint density at radius 1 is 1.04 bits per heavy atom. The van der Waals surface area contributed by atoms with E-state index in [1.54, 1.807) is 13.8 Å². The van der Waals surface area contributed by atoms with Crippen molar-refractivity contribution < 1.29 is 43.9 Å². The van der Waals surface area contributed by atoms with Crippen molar-refractivity contribution in [1.29, 1.82) is 0 Å². The molecule has 2 amide bonds. The Balaban J connectivity index is 0.00000514. The molecule has 11 nitrogen and oxygen atoms in total. The molecular weight excluding hydrogens is 771 g/mol. The number of fused-ring (bicyclic) bond motifs is 2. The fourth-order valence-corrected chi connectivity index (χ4v) is 14.1. The van der Waals surface area contributed by atoms with Gasteiger partial charge in [0, 0.05) is 12.5 Å². The van der Waals surface area contributed by atoms with Crippen molar-refractivity contribution in [1.82, 2.24) is 10.2 Å². The lowest BCUT2D eigenvalue weighted by atomic mass is 9.46. The molecule has 0 aromatic carbocycles. The summed E-state index contributed by atoms with van der Waals surface area (Å²) in [4.78, 5) is 28.3. The summed E-state index contributed by atoms with van der Waals surface area (Å²) in [5, 5.41) is 35.5. The zero-order valence-electron chi connectivity index (χ0n) is 33.0. The quantitative estimate of drug-likeness (QED) is 0.191. The van der Waals surface area contributed by atoms with E-state index in [0.29, 0.717) is 37.3 Å². The maximum atomic E-state index is 13.4. The summed E-state index contributed by atoms with van der Waals surface area (Å²) >= 11 is 17.3. The highest BCUT2D eigenvalue weighted by Gasteiger charge is 2.85. The van der Waals surface area contributed by atoms with Crippen LogP contribution in [0.15, 0.2) is 0 Å². The van der Waals surface area contributed by atoms with E-state index in [9.17, 15) is 24.9 Å². The SMILES string of the molecule is C.C[C@H](CC[C@H](O)C(C)(C)O)C1[C@H](O)[C@H](OC(=O)NC(=O)C(Cl)(Cl)Cl)C2[C@@H]3CCC4C(C)(C)[C@@H](OC5CN(C6COC6)CCO5)CCC45[C@@H](C)[C@@]35CC[C@]12C. The van der Waals surface area contributed by atoms with Gasteiger partial charge in [-0.05, 0) is 116 Å². The van der Waals surface area contributed by atoms with Crippen molar-refractivity contribution in [3.63, 3.8) is 0 Å². The second-order valence-corrected chi connectivity index (χ2v) is 21.9. The second-order valence-electron chi connectivity index (χ2n) is 19.6. The van der Waals surface area contributed by atoms with Gasteiger partial charge in [-0.25, -0.2) is 4.79 Å². The molecule has 5 saturated carbocycles. The highest BCUT2D eigenvalue weighted by molar-refractivity contribution is 6.76. The van der Waals surface area contributed by atoms with E-state index in [1.165, 1.54) is 0 Å². The molecule has 0 aromatic heterocycles. The number of halogens is 3. The van der Waals surface area contributed by atoms with Gasteiger partial charge in [-0.3, -0.25) is 15.0 Å². The van der Waals surface area contributed by atoms with E-state index >= 15 is 0 Å². The van der Waals surface area contributed by atoms with Gasteiger partial charge in [0.15, 0.2) is 6.29 Å². The Morgan fingerprint density at radius 3 is 2.35 bits per heavy atom. The molecule has 316 valence electrons. The Kier molecular flexibility index (Phi) is 12.2. The number of carbonyl (C=O) groups is 2. The molecule has 7 rings (SSSR count). The van der Waals surface area contributed by atoms with Gasteiger partial charge in [0.25, 0.3) is 9.70 Å². The van der Waals surface area contributed by atoms with Crippen LogP contribution in [0.25, 0.3) is 0 Å². The van der Waals surface area contributed by atoms with Gasteiger partial charge in [0.1, 0.15) is 6.10 Å². The molecule has 14 atom stereocenters. The van der Waals surface area contributed by atoms with E-state index < -0.39 is 39.7 Å². The number of morpholine rings is 1. The third kappa shape index (κ3) is 7.10. The van der Waals surface area contributed by atoms with Gasteiger partial charge in [0.05, 0.1) is 56.3 Å². The number of alkyl carbamates (subject to hydrolysis) is 1. The van der Waals surface area contributed by atoms with Crippen LogP contribution in [0, 0.1) is 57.2 Å². The Labute approximate surface area is 343 Å². The molecule has 2 aliphatic heterocycles. The zero-order valence-corrected chi connectivity index (χ0v) is 35.3. The standard InChI is InChI=1S/C40H63Cl3N2O9.CH4/c1-21(8-11-26(46)36(5,6)50)29-31(47)32(54-34(49)44-33(48)40(41,42)43)30-24-9-10-25-35(3,4)27(53-28-18-45(16-17-52-28)23-19-51-20-23)12-13-39(25)22(2)38(24,39)15-14-37(29,30)7;/h21-32,46-47,50H,8-20H2,1-7H3,(H,44,48,49);1H4/t21-,22+,24+,25?,26+,27+,28?,29?,30?,31+,32-,37-,38+,39?;/m1./s1. The number of carbonyl (C=O) groups excluding carboxylic acids is 2. The smallest absolute Gasteiger partial charge is 0.414 e. The molecule has 14 heteroatoms. The molecule has 5 aliphatic carbocycles. The number of aliphatic hydroxyl groups is 3. The summed E-state index contributed by atoms with van der Waals surface area (Å²) in [6, 6.07) is 0.451. The van der Waals surface area contributed by atoms with Gasteiger partial charge < -0.3 is 34.3 Å². The van der Waals surface area contributed by atoms with Crippen LogP contribution in [0.2, 0.25) is 0 Å². The van der Waals surface area contributed by atoms with Crippen molar-refractivity contribution in [3.05, 3.63) is 0 Å². The number of aliphatic hydroxyl groups excluding tert-OH is 2. The molecule has 55 heavy (non-hydrogen) atoms. The maximum absolute atomic E-state index is 13.4. The third-order valence-electron chi connectivity index (χ3n) is 16.6. The molecule has 2 saturated heterocycles. The monoisotopic (exact) mass is 836 g/mol. The predicted molar refractivity (Wildman–Crippen MR) is 211 cm³/mol. The van der Waals surface area contributed by atoms with Gasteiger partial charge in [-0.2, -0.15) is 0 Å². The van der Waals surface area contributed by atoms with Crippen LogP contribution in [-0.2, 0) is 23.7 Å². The molecule has 5 unspecified atom stereocenters. The lowest BCUT2D eigenvalue weighted by Gasteiger charge is -2.60. The van der Waals surface area contributed by atoms with Crippen molar-refractivity contribution in [2.45, 2.75) is 153 Å². The van der Waals surface area contributed by atoms with Crippen LogP contribution in [0.3, 0.4) is 0 Å². The third-order valence-corrected chi connectivity index (χ3v) is 17.1. The van der Waals surface area contributed by atoms with Crippen molar-refractivity contribution in [2.75, 3.05) is 32.9 Å². The summed E-state index contributed by atoms with van der Waals surface area (Å²) in [5.74, 6) is -0.513. The molecular formula is C41H67Cl3N2O9. The lowest BCUT2D eigenvalue weighted by Crippen LogP contribution is -2.59. The second kappa shape index (κ2) is 15.2. The number of hydrogen-bond donors (Lipinski definition) is 4. The van der Waals surface area contributed by atoms with Gasteiger partial charge in [-0.15, -0.1) is 0 Å². The topological polar surface area (TPSA) is 147 Å². The molecule has 7 fully saturated rings. The fourth-order valence-electron chi connectivity index (χ4n) is 14.0. The predicted octanol–water partition coefficient (Wildman–Crippen LogP) is 6.48. The highest BCUT2D eigenvalue weighted by atomic mass is 35.6. The van der Waals surface area contributed by atoms with E-state index in [0.717, 1.165) is 64.8 Å². The summed E-state index contributed by atoms with van der Waals surface area (Å²) in [5.41, 5.74) is -1.61. The highest BCUT2D eigenvalue weighted by Crippen LogP contribution is 2.89. The number of ether oxygens (including phenoxy) is 4. The summed E-state index contributed by atoms with van der Waals surface area (Å²) in [6.07, 6.45) is 2.73. The molecule has 0 radical (unpaired) electrons. The van der Waals surface area contributed by atoms with Crippen LogP contribution < -0.4 is 5.32 Å². The van der Waals surface area contributed by atoms with Crippen molar-refractivity contribution in [3.8, 4) is 0 Å². The van der Waals surface area contributed by atoms with E-state index in [4.69, 9.17) is 53.8 Å². The van der Waals surface area contributed by atoms with E-state index in [1.807, 2.05) is 0 Å². The molecule has 0 bridgehead atoms. The number of nitrogens with zero attached hydrogens (tertiary/aromatic N) is 1. The minimum absolute atomic E-state index is 0. The van der Waals surface area contributed by atoms with Gasteiger partial charge >= 0.3 is 6.09 Å². The Hall–Kier alpha value is -0.470. The average molecular weight is 838 g/mol. The molecule has 2 heterocycles. The van der Waals surface area contributed by atoms with Crippen molar-refractivity contribution in [2.24, 2.45) is 57.2 Å². The first-order valence-electron chi connectivity index (χ1n) is 20.4. The zero-order chi connectivity index (χ0) is 39.4. The maximum Gasteiger partial charge on any atom is 0.414 e. The number of nitrogens with one attached hydrogen (secondary N) is 1. The molecule has 0 aromatic rings. The van der Waals surface area contributed by atoms with Gasteiger partial charge in [0.2, 0.25) is 0 Å². The fraction of sp³-hybridized carbons (Fsp3) is 0.951.